The van der Waals surface area contributed by atoms with Crippen LogP contribution in [0.25, 0.3) is 0 Å². The Hall–Kier alpha value is -1.36. The molecule has 1 atom stereocenters. The Bertz CT molecular complexity index is 434. The van der Waals surface area contributed by atoms with Crippen molar-refractivity contribution in [3.8, 4) is 0 Å². The van der Waals surface area contributed by atoms with Crippen molar-refractivity contribution in [2.75, 3.05) is 0 Å². The van der Waals surface area contributed by atoms with E-state index < -0.39 is 5.97 Å². The molecule has 0 spiro atoms. The van der Waals surface area contributed by atoms with Crippen molar-refractivity contribution < 1.29 is 14.7 Å². The van der Waals surface area contributed by atoms with E-state index in [1.807, 2.05) is 31.2 Å². The van der Waals surface area contributed by atoms with Crippen LogP contribution in [0.5, 0.6) is 0 Å². The fourth-order valence-corrected chi connectivity index (χ4v) is 2.25. The summed E-state index contributed by atoms with van der Waals surface area (Å²) < 4.78 is 0.948. The number of amides is 1. The molecule has 0 heterocycles. The maximum absolute atomic E-state index is 11.6. The number of carboxylic acids is 1. The highest BCUT2D eigenvalue weighted by Crippen LogP contribution is 2.22. The van der Waals surface area contributed by atoms with Gasteiger partial charge in [0.15, 0.2) is 0 Å². The number of carbonyl (C=O) groups is 2. The van der Waals surface area contributed by atoms with E-state index in [0.717, 1.165) is 10.0 Å². The fourth-order valence-electron chi connectivity index (χ4n) is 1.62. The molecule has 18 heavy (non-hydrogen) atoms. The highest BCUT2D eigenvalue weighted by molar-refractivity contribution is 9.10. The summed E-state index contributed by atoms with van der Waals surface area (Å²) in [4.78, 5) is 21.9. The number of hydrogen-bond acceptors (Lipinski definition) is 2. The maximum Gasteiger partial charge on any atom is 0.303 e. The van der Waals surface area contributed by atoms with Gasteiger partial charge in [-0.05, 0) is 25.0 Å². The summed E-state index contributed by atoms with van der Waals surface area (Å²) in [5, 5.41) is 11.3. The molecule has 0 bridgehead atoms. The van der Waals surface area contributed by atoms with Crippen LogP contribution >= 0.6 is 15.9 Å². The first-order valence-electron chi connectivity index (χ1n) is 5.76. The molecular formula is C13H16BrNO3. The third-order valence-corrected chi connectivity index (χ3v) is 3.27. The van der Waals surface area contributed by atoms with E-state index in [9.17, 15) is 9.59 Å². The van der Waals surface area contributed by atoms with Crippen molar-refractivity contribution in [1.82, 2.24) is 5.32 Å². The fraction of sp³-hybridized carbons (Fsp3) is 0.385. The van der Waals surface area contributed by atoms with Crippen LogP contribution in [0.4, 0.5) is 0 Å². The van der Waals surface area contributed by atoms with Crippen molar-refractivity contribution >= 4 is 27.8 Å². The molecule has 1 aromatic carbocycles. The van der Waals surface area contributed by atoms with Crippen molar-refractivity contribution in [1.29, 1.82) is 0 Å². The van der Waals surface area contributed by atoms with Gasteiger partial charge in [0.25, 0.3) is 0 Å². The average molecular weight is 314 g/mol. The van der Waals surface area contributed by atoms with Gasteiger partial charge >= 0.3 is 5.97 Å². The molecule has 4 nitrogen and oxygen atoms in total. The molecule has 0 fully saturated rings. The Morgan fingerprint density at radius 1 is 1.33 bits per heavy atom. The number of hydrogen-bond donors (Lipinski definition) is 2. The number of benzene rings is 1. The normalized spacial score (nSPS) is 11.9. The summed E-state index contributed by atoms with van der Waals surface area (Å²) in [6, 6.07) is 7.58. The average Bonchev–Trinajstić information content (AvgIpc) is 2.28. The summed E-state index contributed by atoms with van der Waals surface area (Å²) in [6.07, 6.45) is 0.627. The second-order valence-electron chi connectivity index (χ2n) is 4.06. The number of rotatable bonds is 6. The van der Waals surface area contributed by atoms with E-state index in [4.69, 9.17) is 5.11 Å². The molecule has 0 aliphatic heterocycles. The third kappa shape index (κ3) is 4.87. The predicted molar refractivity (Wildman–Crippen MR) is 72.2 cm³/mol. The van der Waals surface area contributed by atoms with Crippen LogP contribution in [0.15, 0.2) is 28.7 Å². The van der Waals surface area contributed by atoms with Gasteiger partial charge in [-0.2, -0.15) is 0 Å². The molecule has 1 aromatic rings. The van der Waals surface area contributed by atoms with Crippen LogP contribution in [-0.4, -0.2) is 17.0 Å². The molecule has 0 unspecified atom stereocenters. The Kier molecular flexibility index (Phi) is 5.85. The lowest BCUT2D eigenvalue weighted by Crippen LogP contribution is -2.26. The van der Waals surface area contributed by atoms with Crippen molar-refractivity contribution in [3.05, 3.63) is 34.3 Å². The van der Waals surface area contributed by atoms with Crippen LogP contribution in [0.1, 0.15) is 37.8 Å². The predicted octanol–water partition coefficient (Wildman–Crippen LogP) is 2.88. The molecule has 0 aliphatic carbocycles. The summed E-state index contributed by atoms with van der Waals surface area (Å²) in [7, 11) is 0. The van der Waals surface area contributed by atoms with E-state index >= 15 is 0 Å². The molecule has 0 aliphatic rings. The Morgan fingerprint density at radius 2 is 2.00 bits per heavy atom. The SMILES string of the molecule is C[C@H](NC(=O)CCCC(=O)O)c1ccccc1Br. The summed E-state index contributed by atoms with van der Waals surface area (Å²) in [5.74, 6) is -0.999. The first-order chi connectivity index (χ1) is 8.50. The van der Waals surface area contributed by atoms with E-state index in [2.05, 4.69) is 21.2 Å². The number of nitrogens with one attached hydrogen (secondary N) is 1. The first kappa shape index (κ1) is 14.7. The molecule has 0 saturated heterocycles. The minimum atomic E-state index is -0.873. The van der Waals surface area contributed by atoms with E-state index in [1.54, 1.807) is 0 Å². The minimum Gasteiger partial charge on any atom is -0.481 e. The van der Waals surface area contributed by atoms with E-state index in [-0.39, 0.29) is 24.8 Å². The van der Waals surface area contributed by atoms with Crippen LogP contribution in [0.2, 0.25) is 0 Å². The van der Waals surface area contributed by atoms with E-state index in [1.165, 1.54) is 0 Å². The van der Waals surface area contributed by atoms with Crippen LogP contribution in [0, 0.1) is 0 Å². The highest BCUT2D eigenvalue weighted by Gasteiger charge is 2.12. The quantitative estimate of drug-likeness (QED) is 0.848. The lowest BCUT2D eigenvalue weighted by atomic mass is 10.1. The zero-order valence-corrected chi connectivity index (χ0v) is 11.7. The van der Waals surface area contributed by atoms with Crippen LogP contribution in [0.3, 0.4) is 0 Å². The van der Waals surface area contributed by atoms with Gasteiger partial charge in [-0.3, -0.25) is 9.59 Å². The smallest absolute Gasteiger partial charge is 0.303 e. The Balaban J connectivity index is 2.45. The summed E-state index contributed by atoms with van der Waals surface area (Å²) in [5.41, 5.74) is 1.00. The Morgan fingerprint density at radius 3 is 2.61 bits per heavy atom. The number of aliphatic carboxylic acids is 1. The van der Waals surface area contributed by atoms with Gasteiger partial charge in [0.2, 0.25) is 5.91 Å². The van der Waals surface area contributed by atoms with Gasteiger partial charge in [-0.1, -0.05) is 34.1 Å². The molecular weight excluding hydrogens is 298 g/mol. The lowest BCUT2D eigenvalue weighted by Gasteiger charge is -2.15. The molecule has 5 heteroatoms. The third-order valence-electron chi connectivity index (χ3n) is 2.54. The molecule has 0 radical (unpaired) electrons. The van der Waals surface area contributed by atoms with Gasteiger partial charge in [0.1, 0.15) is 0 Å². The number of carbonyl (C=O) groups excluding carboxylic acids is 1. The standard InChI is InChI=1S/C13H16BrNO3/c1-9(10-5-2-3-6-11(10)14)15-12(16)7-4-8-13(17)18/h2-3,5-6,9H,4,7-8H2,1H3,(H,15,16)(H,17,18)/t9-/m0/s1. The first-order valence-corrected chi connectivity index (χ1v) is 6.55. The van der Waals surface area contributed by atoms with Gasteiger partial charge < -0.3 is 10.4 Å². The second kappa shape index (κ2) is 7.16. The summed E-state index contributed by atoms with van der Waals surface area (Å²) >= 11 is 3.43. The number of carboxylic acid groups (broad SMARTS) is 1. The molecule has 2 N–H and O–H groups in total. The molecule has 1 amide bonds. The topological polar surface area (TPSA) is 66.4 Å². The zero-order valence-electron chi connectivity index (χ0n) is 10.1. The largest absolute Gasteiger partial charge is 0.481 e. The van der Waals surface area contributed by atoms with E-state index in [0.29, 0.717) is 6.42 Å². The van der Waals surface area contributed by atoms with Gasteiger partial charge in [0.05, 0.1) is 6.04 Å². The van der Waals surface area contributed by atoms with Crippen molar-refractivity contribution in [2.45, 2.75) is 32.2 Å². The van der Waals surface area contributed by atoms with Gasteiger partial charge in [-0.25, -0.2) is 0 Å². The van der Waals surface area contributed by atoms with Gasteiger partial charge in [-0.15, -0.1) is 0 Å². The molecule has 0 saturated carbocycles. The molecule has 0 aromatic heterocycles. The van der Waals surface area contributed by atoms with Crippen molar-refractivity contribution in [3.63, 3.8) is 0 Å². The number of halogens is 1. The maximum atomic E-state index is 11.6. The minimum absolute atomic E-state index is 0.0246. The summed E-state index contributed by atoms with van der Waals surface area (Å²) in [6.45, 7) is 1.90. The molecule has 98 valence electrons. The molecule has 1 rings (SSSR count). The van der Waals surface area contributed by atoms with Crippen LogP contribution < -0.4 is 5.32 Å². The van der Waals surface area contributed by atoms with Crippen molar-refractivity contribution in [2.24, 2.45) is 0 Å². The second-order valence-corrected chi connectivity index (χ2v) is 4.91. The lowest BCUT2D eigenvalue weighted by molar-refractivity contribution is -0.137. The zero-order chi connectivity index (χ0) is 13.5. The monoisotopic (exact) mass is 313 g/mol. The highest BCUT2D eigenvalue weighted by atomic mass is 79.9. The van der Waals surface area contributed by atoms with Gasteiger partial charge in [0, 0.05) is 17.3 Å². The van der Waals surface area contributed by atoms with Crippen LogP contribution in [-0.2, 0) is 9.59 Å². The Labute approximate surface area is 115 Å².